The zero-order valence-electron chi connectivity index (χ0n) is 8.15. The number of hydrogen-bond donors (Lipinski definition) is 1. The molecule has 0 aliphatic heterocycles. The second-order valence-electron chi connectivity index (χ2n) is 3.16. The monoisotopic (exact) mass is 156 g/mol. The molecule has 0 spiro atoms. The fourth-order valence-electron chi connectivity index (χ4n) is 0.552. The lowest BCUT2D eigenvalue weighted by Gasteiger charge is -2.18. The van der Waals surface area contributed by atoms with Gasteiger partial charge in [-0.2, -0.15) is 0 Å². The van der Waals surface area contributed by atoms with Crippen LogP contribution in [-0.4, -0.2) is 25.1 Å². The highest BCUT2D eigenvalue weighted by Crippen LogP contribution is 2.03. The minimum atomic E-state index is 0.577. The molecule has 0 fully saturated rings. The molecule has 0 rings (SSSR count). The molecule has 0 aliphatic carbocycles. The minimum Gasteiger partial charge on any atom is -0.251 e. The van der Waals surface area contributed by atoms with E-state index in [1.165, 1.54) is 5.57 Å². The van der Waals surface area contributed by atoms with Gasteiger partial charge < -0.3 is 0 Å². The standard InChI is InChI=1S/C9H20N2/c1-6-11(5)10-7-9(4)8(2)3/h8,10H,4,6-7H2,1-3,5H3. The summed E-state index contributed by atoms with van der Waals surface area (Å²) in [6.07, 6.45) is 0. The number of hydrogen-bond acceptors (Lipinski definition) is 2. The maximum atomic E-state index is 3.97. The molecule has 1 N–H and O–H groups in total. The van der Waals surface area contributed by atoms with Crippen LogP contribution in [0, 0.1) is 5.92 Å². The summed E-state index contributed by atoms with van der Waals surface area (Å²) >= 11 is 0. The van der Waals surface area contributed by atoms with E-state index >= 15 is 0 Å². The third-order valence-electron chi connectivity index (χ3n) is 1.87. The summed E-state index contributed by atoms with van der Waals surface area (Å²) in [4.78, 5) is 0. The van der Waals surface area contributed by atoms with Crippen molar-refractivity contribution < 1.29 is 0 Å². The van der Waals surface area contributed by atoms with E-state index in [9.17, 15) is 0 Å². The van der Waals surface area contributed by atoms with Gasteiger partial charge in [0.2, 0.25) is 0 Å². The van der Waals surface area contributed by atoms with E-state index in [0.29, 0.717) is 5.92 Å². The lowest BCUT2D eigenvalue weighted by Crippen LogP contribution is -2.35. The van der Waals surface area contributed by atoms with Crippen LogP contribution in [0.15, 0.2) is 12.2 Å². The zero-order chi connectivity index (χ0) is 8.85. The van der Waals surface area contributed by atoms with Crippen LogP contribution >= 0.6 is 0 Å². The van der Waals surface area contributed by atoms with Gasteiger partial charge in [-0.15, -0.1) is 0 Å². The molecular formula is C9H20N2. The molecule has 0 amide bonds. The van der Waals surface area contributed by atoms with Gasteiger partial charge in [0.15, 0.2) is 0 Å². The van der Waals surface area contributed by atoms with Crippen molar-refractivity contribution in [3.63, 3.8) is 0 Å². The minimum absolute atomic E-state index is 0.577. The van der Waals surface area contributed by atoms with Crippen LogP contribution in [0.1, 0.15) is 20.8 Å². The Kier molecular flexibility index (Phi) is 5.16. The Hall–Kier alpha value is -0.340. The van der Waals surface area contributed by atoms with Gasteiger partial charge in [0, 0.05) is 20.1 Å². The highest BCUT2D eigenvalue weighted by Gasteiger charge is 1.99. The quantitative estimate of drug-likeness (QED) is 0.481. The summed E-state index contributed by atoms with van der Waals surface area (Å²) in [7, 11) is 2.04. The van der Waals surface area contributed by atoms with Crippen molar-refractivity contribution in [2.45, 2.75) is 20.8 Å². The van der Waals surface area contributed by atoms with Crippen molar-refractivity contribution in [1.29, 1.82) is 0 Å². The van der Waals surface area contributed by atoms with E-state index in [1.807, 2.05) is 7.05 Å². The Balaban J connectivity index is 3.46. The van der Waals surface area contributed by atoms with Gasteiger partial charge in [0.1, 0.15) is 0 Å². The largest absolute Gasteiger partial charge is 0.251 e. The van der Waals surface area contributed by atoms with Crippen molar-refractivity contribution in [2.24, 2.45) is 5.92 Å². The van der Waals surface area contributed by atoms with Crippen molar-refractivity contribution in [3.05, 3.63) is 12.2 Å². The highest BCUT2D eigenvalue weighted by molar-refractivity contribution is 4.99. The van der Waals surface area contributed by atoms with E-state index in [-0.39, 0.29) is 0 Å². The summed E-state index contributed by atoms with van der Waals surface area (Å²) in [5.74, 6) is 0.577. The molecule has 0 radical (unpaired) electrons. The van der Waals surface area contributed by atoms with Gasteiger partial charge in [0.25, 0.3) is 0 Å². The van der Waals surface area contributed by atoms with Gasteiger partial charge in [-0.1, -0.05) is 32.9 Å². The predicted molar refractivity (Wildman–Crippen MR) is 50.3 cm³/mol. The molecule has 0 saturated heterocycles. The van der Waals surface area contributed by atoms with Crippen molar-refractivity contribution in [1.82, 2.24) is 10.4 Å². The maximum Gasteiger partial charge on any atom is 0.0312 e. The predicted octanol–water partition coefficient (Wildman–Crippen LogP) is 1.65. The molecule has 2 heteroatoms. The number of rotatable bonds is 5. The fraction of sp³-hybridized carbons (Fsp3) is 0.778. The van der Waals surface area contributed by atoms with Gasteiger partial charge in [0.05, 0.1) is 0 Å². The Bertz CT molecular complexity index is 119. The first-order valence-electron chi connectivity index (χ1n) is 4.20. The van der Waals surface area contributed by atoms with Crippen LogP contribution in [0.4, 0.5) is 0 Å². The van der Waals surface area contributed by atoms with Crippen LogP contribution < -0.4 is 5.43 Å². The second-order valence-corrected chi connectivity index (χ2v) is 3.16. The topological polar surface area (TPSA) is 15.3 Å². The zero-order valence-corrected chi connectivity index (χ0v) is 8.15. The van der Waals surface area contributed by atoms with Gasteiger partial charge in [-0.05, 0) is 5.92 Å². The number of nitrogens with one attached hydrogen (secondary N) is 1. The van der Waals surface area contributed by atoms with E-state index in [0.717, 1.165) is 13.1 Å². The first-order valence-corrected chi connectivity index (χ1v) is 4.20. The van der Waals surface area contributed by atoms with Crippen LogP contribution in [0.5, 0.6) is 0 Å². The number of nitrogens with zero attached hydrogens (tertiary/aromatic N) is 1. The molecule has 0 aromatic rings. The van der Waals surface area contributed by atoms with Crippen molar-refractivity contribution >= 4 is 0 Å². The van der Waals surface area contributed by atoms with Crippen molar-refractivity contribution in [3.8, 4) is 0 Å². The summed E-state index contributed by atoms with van der Waals surface area (Å²) in [5.41, 5.74) is 4.50. The molecule has 66 valence electrons. The molecule has 0 heterocycles. The molecule has 0 bridgehead atoms. The normalized spacial score (nSPS) is 11.1. The lowest BCUT2D eigenvalue weighted by molar-refractivity contribution is 0.256. The number of hydrazine groups is 1. The highest BCUT2D eigenvalue weighted by atomic mass is 15.5. The summed E-state index contributed by atoms with van der Waals surface area (Å²) in [6, 6.07) is 0. The fourth-order valence-corrected chi connectivity index (χ4v) is 0.552. The Labute approximate surface area is 70.2 Å². The summed E-state index contributed by atoms with van der Waals surface area (Å²) in [6.45, 7) is 12.3. The molecule has 0 aromatic heterocycles. The Morgan fingerprint density at radius 3 is 2.45 bits per heavy atom. The molecule has 11 heavy (non-hydrogen) atoms. The van der Waals surface area contributed by atoms with Gasteiger partial charge in [-0.3, -0.25) is 5.43 Å². The second kappa shape index (κ2) is 5.33. The average molecular weight is 156 g/mol. The first-order chi connectivity index (χ1) is 5.07. The Morgan fingerprint density at radius 2 is 2.09 bits per heavy atom. The molecule has 0 aliphatic rings. The van der Waals surface area contributed by atoms with Crippen LogP contribution in [-0.2, 0) is 0 Å². The first kappa shape index (κ1) is 10.7. The van der Waals surface area contributed by atoms with Crippen molar-refractivity contribution in [2.75, 3.05) is 20.1 Å². The SMILES string of the molecule is C=C(CNN(C)CC)C(C)C. The molecule has 0 saturated carbocycles. The maximum absolute atomic E-state index is 3.97. The van der Waals surface area contributed by atoms with Gasteiger partial charge in [-0.25, -0.2) is 5.01 Å². The van der Waals surface area contributed by atoms with E-state index in [1.54, 1.807) is 0 Å². The molecule has 0 atom stereocenters. The van der Waals surface area contributed by atoms with E-state index in [4.69, 9.17) is 0 Å². The van der Waals surface area contributed by atoms with Crippen LogP contribution in [0.2, 0.25) is 0 Å². The molecular weight excluding hydrogens is 136 g/mol. The Morgan fingerprint density at radius 1 is 1.55 bits per heavy atom. The molecule has 0 aromatic carbocycles. The van der Waals surface area contributed by atoms with Gasteiger partial charge >= 0.3 is 0 Å². The van der Waals surface area contributed by atoms with Crippen LogP contribution in [0.25, 0.3) is 0 Å². The van der Waals surface area contributed by atoms with Crippen LogP contribution in [0.3, 0.4) is 0 Å². The average Bonchev–Trinajstić information content (AvgIpc) is 1.99. The van der Waals surface area contributed by atoms with E-state index < -0.39 is 0 Å². The third kappa shape index (κ3) is 4.99. The smallest absolute Gasteiger partial charge is 0.0312 e. The molecule has 0 unspecified atom stereocenters. The summed E-state index contributed by atoms with van der Waals surface area (Å²) in [5, 5.41) is 2.06. The lowest BCUT2D eigenvalue weighted by atomic mass is 10.1. The van der Waals surface area contributed by atoms with E-state index in [2.05, 4.69) is 37.8 Å². The summed E-state index contributed by atoms with van der Waals surface area (Å²) < 4.78 is 0. The molecule has 2 nitrogen and oxygen atoms in total. The third-order valence-corrected chi connectivity index (χ3v) is 1.87.